The number of carbonyl (C=O) groups is 4. The molecule has 3 amide bonds. The summed E-state index contributed by atoms with van der Waals surface area (Å²) in [5.41, 5.74) is 20.9. The van der Waals surface area contributed by atoms with Gasteiger partial charge in [0.15, 0.2) is 58.6 Å². The molecule has 606 valence electrons. The van der Waals surface area contributed by atoms with Crippen LogP contribution in [0.25, 0.3) is 12.2 Å². The number of amides is 3. The highest BCUT2D eigenvalue weighted by molar-refractivity contribution is 7.99. The molecule has 0 aromatic heterocycles. The summed E-state index contributed by atoms with van der Waals surface area (Å²) in [7, 11) is -2.27. The van der Waals surface area contributed by atoms with E-state index in [4.69, 9.17) is 89.3 Å². The standard InChI is InChI=1S/C28H38F2N4O9S.C25H49NO11.C19H19F2N3O2S/c1-20(27(35)34-28(31)32)17-21-18-24(29)26(25(30)19-21)43-22-3-5-23(6-4-22)44(36,37)33-7-8-39-11-12-41-15-16-42-14-13-40-10-9-38-2;1-3-8-31-10-5-6-22(27)23(28)24(29)25(30)26-7-11-33-13-15-35-17-19-37-21-20-36-18-16-34-14-12-32-9-4-2;1-3-27-14-6-4-13(5-7-14)26-17-15(20)9-12(10-16(17)21)8-11(2)18(25)24-19(22)23/h3-6,17-19,33H,7-16H2,1-2H3,(H4,31,32,34,35);23-24,28-29H,3-21H2,1-2H3,(H,26,30);4-10H,3H2,1-2H3,(H4,22,23,24,25)/b20-17+;;11-8+. The van der Waals surface area contributed by atoms with Crippen LogP contribution < -0.4 is 42.4 Å². The first kappa shape index (κ1) is 96.5. The van der Waals surface area contributed by atoms with E-state index in [1.807, 2.05) is 26.0 Å². The lowest BCUT2D eigenvalue weighted by atomic mass is 10.0. The summed E-state index contributed by atoms with van der Waals surface area (Å²) >= 11 is 1.65. The maximum Gasteiger partial charge on any atom is 0.275 e. The summed E-state index contributed by atoms with van der Waals surface area (Å²) in [6, 6.07) is 15.9. The highest BCUT2D eigenvalue weighted by atomic mass is 32.2. The van der Waals surface area contributed by atoms with Crippen LogP contribution in [0.15, 0.2) is 104 Å². The number of nitrogens with zero attached hydrogens (tertiary/aromatic N) is 2. The summed E-state index contributed by atoms with van der Waals surface area (Å²) in [4.78, 5) is 54.9. The van der Waals surface area contributed by atoms with Gasteiger partial charge in [0, 0.05) is 62.5 Å². The molecule has 0 saturated heterocycles. The molecule has 0 aliphatic carbocycles. The van der Waals surface area contributed by atoms with Crippen LogP contribution in [-0.4, -0.2) is 244 Å². The summed E-state index contributed by atoms with van der Waals surface area (Å²) in [5, 5.41) is 22.1. The number of Topliss-reactive ketones (excluding diaryl/α,β-unsaturated/α-hetero) is 1. The third kappa shape index (κ3) is 44.8. The Bertz CT molecular complexity index is 3410. The SMILES string of the molecule is CCCOCCCC(=O)C(O)C(O)C(=O)NCCOCCOCCOCCOCCOCCOCCC.CCSc1ccc(Oc2c(F)cc(/C=C(\C)C(=O)N=C(N)N)cc2F)cc1.COCCOCCOCCOCCOCCNS(=O)(=O)c1ccc(Oc2c(F)cc(/C=C(\C)C(=O)N=C(N)N)cc2F)cc1. The molecule has 108 heavy (non-hydrogen) atoms. The Hall–Kier alpha value is -7.60. The van der Waals surface area contributed by atoms with E-state index in [9.17, 15) is 55.4 Å². The number of nitrogens with two attached hydrogens (primary N) is 4. The maximum absolute atomic E-state index is 14.6. The molecule has 0 heterocycles. The normalized spacial score (nSPS) is 12.1. The number of ether oxygens (including phenoxy) is 14. The Kier molecular flexibility index (Phi) is 53.0. The molecular weight excluding hydrogens is 1470 g/mol. The van der Waals surface area contributed by atoms with Gasteiger partial charge >= 0.3 is 0 Å². The topological polar surface area (TPSA) is 425 Å². The molecule has 0 bridgehead atoms. The number of nitrogens with one attached hydrogen (secondary N) is 2. The molecule has 0 radical (unpaired) electrons. The lowest BCUT2D eigenvalue weighted by Gasteiger charge is -2.16. The number of methoxy groups -OCH3 is 1. The second-order valence-electron chi connectivity index (χ2n) is 22.4. The molecule has 36 heteroatoms. The molecular formula is C72H106F4N8O22S2. The van der Waals surface area contributed by atoms with E-state index in [-0.39, 0.29) is 72.2 Å². The molecule has 30 nitrogen and oxygen atoms in total. The average molecular weight is 1580 g/mol. The Labute approximate surface area is 632 Å². The molecule has 2 unspecified atom stereocenters. The number of guanidine groups is 2. The van der Waals surface area contributed by atoms with Crippen molar-refractivity contribution in [1.82, 2.24) is 10.0 Å². The van der Waals surface area contributed by atoms with E-state index >= 15 is 0 Å². The Balaban J connectivity index is 0.000000565. The number of halogens is 4. The zero-order chi connectivity index (χ0) is 79.7. The van der Waals surface area contributed by atoms with Crippen molar-refractivity contribution in [1.29, 1.82) is 0 Å². The van der Waals surface area contributed by atoms with Crippen molar-refractivity contribution in [2.75, 3.05) is 178 Å². The van der Waals surface area contributed by atoms with Crippen LogP contribution in [0.4, 0.5) is 17.6 Å². The number of carbonyl (C=O) groups excluding carboxylic acids is 4. The largest absolute Gasteiger partial charge is 0.451 e. The molecule has 0 spiro atoms. The first-order valence-corrected chi connectivity index (χ1v) is 37.2. The number of hydrogen-bond acceptors (Lipinski definition) is 23. The highest BCUT2D eigenvalue weighted by Crippen LogP contribution is 2.32. The number of ketones is 1. The monoisotopic (exact) mass is 1570 g/mol. The number of sulfonamides is 1. The van der Waals surface area contributed by atoms with Gasteiger partial charge in [-0.1, -0.05) is 20.8 Å². The fourth-order valence-corrected chi connectivity index (χ4v) is 9.92. The van der Waals surface area contributed by atoms with Gasteiger partial charge in [0.05, 0.1) is 137 Å². The van der Waals surface area contributed by atoms with Gasteiger partial charge in [-0.15, -0.1) is 11.8 Å². The molecule has 4 aromatic carbocycles. The number of benzene rings is 4. The highest BCUT2D eigenvalue weighted by Gasteiger charge is 2.29. The number of thioether (sulfide) groups is 1. The molecule has 0 saturated carbocycles. The number of aliphatic hydroxyl groups is 2. The first-order valence-electron chi connectivity index (χ1n) is 34.7. The Morgan fingerprint density at radius 1 is 0.491 bits per heavy atom. The predicted molar refractivity (Wildman–Crippen MR) is 397 cm³/mol. The molecule has 2 atom stereocenters. The van der Waals surface area contributed by atoms with Crippen molar-refractivity contribution in [3.63, 3.8) is 0 Å². The van der Waals surface area contributed by atoms with Crippen LogP contribution >= 0.6 is 11.8 Å². The van der Waals surface area contributed by atoms with Crippen LogP contribution in [0.3, 0.4) is 0 Å². The van der Waals surface area contributed by atoms with Crippen molar-refractivity contribution in [2.45, 2.75) is 82.3 Å². The van der Waals surface area contributed by atoms with Crippen molar-refractivity contribution >= 4 is 69.4 Å². The summed E-state index contributed by atoms with van der Waals surface area (Å²) in [5.74, 6) is -7.59. The maximum atomic E-state index is 14.6. The fraction of sp³-hybridized carbons (Fsp3) is 0.528. The van der Waals surface area contributed by atoms with Gasteiger partial charge in [-0.2, -0.15) is 9.98 Å². The van der Waals surface area contributed by atoms with E-state index in [0.29, 0.717) is 138 Å². The first-order chi connectivity index (χ1) is 51.9. The van der Waals surface area contributed by atoms with Gasteiger partial charge in [0.25, 0.3) is 17.7 Å². The zero-order valence-electron chi connectivity index (χ0n) is 62.0. The number of rotatable bonds is 56. The van der Waals surface area contributed by atoms with Gasteiger partial charge in [-0.3, -0.25) is 19.2 Å². The zero-order valence-corrected chi connectivity index (χ0v) is 63.7. The van der Waals surface area contributed by atoms with Gasteiger partial charge in [0.2, 0.25) is 10.0 Å². The van der Waals surface area contributed by atoms with Crippen LogP contribution in [0.2, 0.25) is 0 Å². The third-order valence-corrected chi connectivity index (χ3v) is 15.8. The van der Waals surface area contributed by atoms with E-state index in [1.54, 1.807) is 31.0 Å². The third-order valence-electron chi connectivity index (χ3n) is 13.5. The molecule has 0 aliphatic heterocycles. The minimum absolute atomic E-state index is 0.00620. The fourth-order valence-electron chi connectivity index (χ4n) is 8.24. The summed E-state index contributed by atoms with van der Waals surface area (Å²) in [6.07, 6.45) is 1.25. The van der Waals surface area contributed by atoms with Crippen LogP contribution in [0.1, 0.15) is 71.4 Å². The van der Waals surface area contributed by atoms with E-state index in [0.717, 1.165) is 54.4 Å². The minimum atomic E-state index is -3.87. The van der Waals surface area contributed by atoms with Gasteiger partial charge in [-0.25, -0.2) is 30.7 Å². The second-order valence-corrected chi connectivity index (χ2v) is 25.5. The molecule has 12 N–H and O–H groups in total. The second kappa shape index (κ2) is 59.3. The van der Waals surface area contributed by atoms with Crippen LogP contribution in [0.5, 0.6) is 23.0 Å². The molecule has 4 aromatic rings. The summed E-state index contributed by atoms with van der Waals surface area (Å²) < 4.78 is 160. The average Bonchev–Trinajstić information content (AvgIpc) is 0.823. The minimum Gasteiger partial charge on any atom is -0.451 e. The van der Waals surface area contributed by atoms with Gasteiger partial charge in [0.1, 0.15) is 17.6 Å². The van der Waals surface area contributed by atoms with Crippen molar-refractivity contribution in [3.8, 4) is 23.0 Å². The van der Waals surface area contributed by atoms with Crippen molar-refractivity contribution < 1.29 is 122 Å². The van der Waals surface area contributed by atoms with Crippen LogP contribution in [-0.2, 0) is 86.0 Å². The lowest BCUT2D eigenvalue weighted by molar-refractivity contribution is -0.145. The molecule has 0 fully saturated rings. The number of aliphatic imine (C=N–C) groups is 2. The Morgan fingerprint density at radius 2 is 0.833 bits per heavy atom. The predicted octanol–water partition coefficient (Wildman–Crippen LogP) is 6.13. The van der Waals surface area contributed by atoms with E-state index < -0.39 is 92.4 Å². The lowest BCUT2D eigenvalue weighted by Crippen LogP contribution is -2.46. The van der Waals surface area contributed by atoms with Crippen molar-refractivity contribution in [2.24, 2.45) is 32.9 Å². The summed E-state index contributed by atoms with van der Waals surface area (Å²) in [6.45, 7) is 19.2. The van der Waals surface area contributed by atoms with E-state index in [1.165, 1.54) is 50.3 Å². The number of aliphatic hydroxyl groups excluding tert-OH is 2. The quantitative estimate of drug-likeness (QED) is 0.00615. The van der Waals surface area contributed by atoms with Gasteiger partial charge in [-0.05, 0) is 135 Å². The van der Waals surface area contributed by atoms with Crippen molar-refractivity contribution in [3.05, 3.63) is 118 Å². The smallest absolute Gasteiger partial charge is 0.275 e. The van der Waals surface area contributed by atoms with Gasteiger partial charge < -0.3 is 105 Å². The molecule has 0 aliphatic rings. The molecule has 4 rings (SSSR count). The Morgan fingerprint density at radius 3 is 1.19 bits per heavy atom. The van der Waals surface area contributed by atoms with E-state index in [2.05, 4.69) is 26.9 Å². The number of hydrogen-bond donors (Lipinski definition) is 8. The van der Waals surface area contributed by atoms with Crippen LogP contribution in [0, 0.1) is 23.3 Å².